The Hall–Kier alpha value is -1.92. The molecule has 2 aliphatic rings. The minimum atomic E-state index is -0.572. The molecule has 0 aliphatic carbocycles. The number of piperidine rings is 2. The largest absolute Gasteiger partial charge is 0.368 e. The average Bonchev–Trinajstić information content (AvgIpc) is 2.78. The van der Waals surface area contributed by atoms with Crippen LogP contribution in [0.25, 0.3) is 0 Å². The van der Waals surface area contributed by atoms with Gasteiger partial charge >= 0.3 is 0 Å². The van der Waals surface area contributed by atoms with Gasteiger partial charge in [-0.1, -0.05) is 44.2 Å². The fourth-order valence-electron chi connectivity index (χ4n) is 5.02. The van der Waals surface area contributed by atoms with Gasteiger partial charge in [0.15, 0.2) is 0 Å². The molecule has 0 radical (unpaired) electrons. The number of likely N-dealkylation sites (tertiary alicyclic amines) is 2. The summed E-state index contributed by atoms with van der Waals surface area (Å²) in [5.41, 5.74) is 6.87. The molecule has 0 aromatic heterocycles. The number of benzene rings is 1. The van der Waals surface area contributed by atoms with Crippen molar-refractivity contribution < 1.29 is 9.59 Å². The minimum Gasteiger partial charge on any atom is -0.368 e. The van der Waals surface area contributed by atoms with Crippen molar-refractivity contribution >= 4 is 11.8 Å². The molecule has 2 amide bonds. The number of nitrogens with two attached hydrogens (primary N) is 1. The van der Waals surface area contributed by atoms with Gasteiger partial charge in [-0.15, -0.1) is 0 Å². The van der Waals surface area contributed by atoms with Crippen molar-refractivity contribution in [2.45, 2.75) is 64.5 Å². The van der Waals surface area contributed by atoms with Crippen LogP contribution in [0.4, 0.5) is 0 Å². The third-order valence-electron chi connectivity index (χ3n) is 7.03. The van der Waals surface area contributed by atoms with E-state index in [1.807, 2.05) is 13.8 Å². The summed E-state index contributed by atoms with van der Waals surface area (Å²) in [6.07, 6.45) is 6.56. The first kappa shape index (κ1) is 23.7. The van der Waals surface area contributed by atoms with Crippen molar-refractivity contribution in [3.05, 3.63) is 35.9 Å². The number of primary amides is 1. The third kappa shape index (κ3) is 7.04. The van der Waals surface area contributed by atoms with Crippen molar-refractivity contribution in [3.63, 3.8) is 0 Å². The number of hydrogen-bond acceptors (Lipinski definition) is 4. The van der Waals surface area contributed by atoms with Crippen molar-refractivity contribution in [1.82, 2.24) is 15.1 Å². The van der Waals surface area contributed by atoms with Crippen LogP contribution in [0.2, 0.25) is 0 Å². The van der Waals surface area contributed by atoms with Crippen LogP contribution in [0.1, 0.15) is 51.5 Å². The quantitative estimate of drug-likeness (QED) is 0.633. The maximum atomic E-state index is 12.6. The lowest BCUT2D eigenvalue weighted by Gasteiger charge is -2.41. The molecular weight excluding hydrogens is 388 g/mol. The van der Waals surface area contributed by atoms with E-state index in [4.69, 9.17) is 5.73 Å². The number of nitrogens with one attached hydrogen (secondary N) is 1. The highest BCUT2D eigenvalue weighted by molar-refractivity contribution is 5.87. The first-order chi connectivity index (χ1) is 14.9. The number of rotatable bonds is 9. The maximum absolute atomic E-state index is 12.6. The molecule has 2 aliphatic heterocycles. The van der Waals surface area contributed by atoms with Crippen LogP contribution in [0.3, 0.4) is 0 Å². The molecule has 31 heavy (non-hydrogen) atoms. The molecule has 172 valence electrons. The fourth-order valence-corrected chi connectivity index (χ4v) is 5.02. The Labute approximate surface area is 187 Å². The van der Waals surface area contributed by atoms with Crippen molar-refractivity contribution in [2.75, 3.05) is 32.7 Å². The molecule has 0 spiro atoms. The molecule has 2 saturated heterocycles. The lowest BCUT2D eigenvalue weighted by atomic mass is 9.92. The Kier molecular flexibility index (Phi) is 8.90. The van der Waals surface area contributed by atoms with Crippen LogP contribution in [0, 0.1) is 11.8 Å². The van der Waals surface area contributed by atoms with Crippen molar-refractivity contribution in [2.24, 2.45) is 17.6 Å². The van der Waals surface area contributed by atoms with Gasteiger partial charge in [-0.05, 0) is 82.7 Å². The van der Waals surface area contributed by atoms with Gasteiger partial charge < -0.3 is 20.9 Å². The second kappa shape index (κ2) is 11.6. The lowest BCUT2D eigenvalue weighted by molar-refractivity contribution is -0.132. The molecule has 0 unspecified atom stereocenters. The zero-order valence-corrected chi connectivity index (χ0v) is 19.3. The monoisotopic (exact) mass is 428 g/mol. The molecule has 0 bridgehead atoms. The van der Waals surface area contributed by atoms with Gasteiger partial charge in [0, 0.05) is 12.0 Å². The predicted octanol–water partition coefficient (Wildman–Crippen LogP) is 2.42. The van der Waals surface area contributed by atoms with E-state index in [2.05, 4.69) is 45.4 Å². The molecule has 3 rings (SSSR count). The Morgan fingerprint density at radius 3 is 2.26 bits per heavy atom. The lowest BCUT2D eigenvalue weighted by Crippen LogP contribution is -2.52. The van der Waals surface area contributed by atoms with Gasteiger partial charge in [0.25, 0.3) is 0 Å². The average molecular weight is 429 g/mol. The summed E-state index contributed by atoms with van der Waals surface area (Å²) in [5, 5.41) is 2.88. The van der Waals surface area contributed by atoms with E-state index in [1.165, 1.54) is 44.5 Å². The van der Waals surface area contributed by atoms with Gasteiger partial charge in [0.2, 0.25) is 11.8 Å². The summed E-state index contributed by atoms with van der Waals surface area (Å²) in [6.45, 7) is 9.29. The van der Waals surface area contributed by atoms with E-state index in [9.17, 15) is 9.59 Å². The van der Waals surface area contributed by atoms with Gasteiger partial charge in [-0.3, -0.25) is 9.59 Å². The first-order valence-corrected chi connectivity index (χ1v) is 12.0. The summed E-state index contributed by atoms with van der Waals surface area (Å²) in [4.78, 5) is 29.4. The number of carbonyl (C=O) groups is 2. The van der Waals surface area contributed by atoms with Crippen LogP contribution >= 0.6 is 0 Å². The summed E-state index contributed by atoms with van der Waals surface area (Å²) >= 11 is 0. The standard InChI is InChI=1S/C25H40N4O2/c1-19(2)23(24(26)30)27-25(31)21-10-17-29(18-11-21)22-12-15-28(16-13-22)14-6-9-20-7-4-3-5-8-20/h3-5,7-8,19,21-23H,6,9-18H2,1-2H3,(H2,26,30)(H,27,31)/t23-/m0/s1. The normalized spacial score (nSPS) is 20.6. The SMILES string of the molecule is CC(C)[C@H](NC(=O)C1CCN(C2CCN(CCCc3ccccc3)CC2)CC1)C(N)=O. The Balaban J connectivity index is 1.34. The molecule has 0 saturated carbocycles. The molecule has 1 atom stereocenters. The molecule has 1 aromatic carbocycles. The summed E-state index contributed by atoms with van der Waals surface area (Å²) < 4.78 is 0. The highest BCUT2D eigenvalue weighted by atomic mass is 16.2. The smallest absolute Gasteiger partial charge is 0.240 e. The number of hydrogen-bond donors (Lipinski definition) is 2. The molecule has 3 N–H and O–H groups in total. The summed E-state index contributed by atoms with van der Waals surface area (Å²) in [5.74, 6) is -0.448. The zero-order valence-electron chi connectivity index (χ0n) is 19.3. The number of aryl methyl sites for hydroxylation is 1. The van der Waals surface area contributed by atoms with Crippen LogP contribution in [0.5, 0.6) is 0 Å². The van der Waals surface area contributed by atoms with Crippen LogP contribution in [0.15, 0.2) is 30.3 Å². The number of nitrogens with zero attached hydrogens (tertiary/aromatic N) is 2. The number of carbonyl (C=O) groups excluding carboxylic acids is 2. The summed E-state index contributed by atoms with van der Waals surface area (Å²) in [6, 6.07) is 10.8. The second-order valence-electron chi connectivity index (χ2n) is 9.60. The molecule has 2 heterocycles. The second-order valence-corrected chi connectivity index (χ2v) is 9.60. The topological polar surface area (TPSA) is 78.7 Å². The molecule has 6 heteroatoms. The minimum absolute atomic E-state index is 0.00470. The van der Waals surface area contributed by atoms with E-state index in [1.54, 1.807) is 0 Å². The maximum Gasteiger partial charge on any atom is 0.240 e. The first-order valence-electron chi connectivity index (χ1n) is 12.0. The Morgan fingerprint density at radius 2 is 1.68 bits per heavy atom. The van der Waals surface area contributed by atoms with E-state index in [0.717, 1.165) is 32.4 Å². The fraction of sp³-hybridized carbons (Fsp3) is 0.680. The van der Waals surface area contributed by atoms with E-state index >= 15 is 0 Å². The zero-order chi connectivity index (χ0) is 22.2. The third-order valence-corrected chi connectivity index (χ3v) is 7.03. The summed E-state index contributed by atoms with van der Waals surface area (Å²) in [7, 11) is 0. The van der Waals surface area contributed by atoms with Crippen molar-refractivity contribution in [3.8, 4) is 0 Å². The van der Waals surface area contributed by atoms with Gasteiger partial charge in [0.1, 0.15) is 6.04 Å². The Bertz CT molecular complexity index is 693. The van der Waals surface area contributed by atoms with E-state index in [0.29, 0.717) is 6.04 Å². The number of amides is 2. The van der Waals surface area contributed by atoms with E-state index in [-0.39, 0.29) is 17.7 Å². The van der Waals surface area contributed by atoms with Crippen LogP contribution in [-0.2, 0) is 16.0 Å². The van der Waals surface area contributed by atoms with Gasteiger partial charge in [0.05, 0.1) is 0 Å². The van der Waals surface area contributed by atoms with Gasteiger partial charge in [-0.25, -0.2) is 0 Å². The Morgan fingerprint density at radius 1 is 1.03 bits per heavy atom. The molecule has 2 fully saturated rings. The van der Waals surface area contributed by atoms with Crippen molar-refractivity contribution in [1.29, 1.82) is 0 Å². The highest BCUT2D eigenvalue weighted by Gasteiger charge is 2.32. The molecule has 1 aromatic rings. The van der Waals surface area contributed by atoms with Gasteiger partial charge in [-0.2, -0.15) is 0 Å². The van der Waals surface area contributed by atoms with Crippen LogP contribution in [-0.4, -0.2) is 66.4 Å². The predicted molar refractivity (Wildman–Crippen MR) is 124 cm³/mol. The van der Waals surface area contributed by atoms with Crippen LogP contribution < -0.4 is 11.1 Å². The molecule has 6 nitrogen and oxygen atoms in total. The highest BCUT2D eigenvalue weighted by Crippen LogP contribution is 2.24. The molecular formula is C25H40N4O2. The van der Waals surface area contributed by atoms with E-state index < -0.39 is 11.9 Å².